The van der Waals surface area contributed by atoms with E-state index in [-0.39, 0.29) is 0 Å². The quantitative estimate of drug-likeness (QED) is 0.543. The highest BCUT2D eigenvalue weighted by atomic mass is 16.5. The van der Waals surface area contributed by atoms with Crippen LogP contribution in [0.2, 0.25) is 0 Å². The first-order chi connectivity index (χ1) is 8.77. The summed E-state index contributed by atoms with van der Waals surface area (Å²) in [7, 11) is 0. The third kappa shape index (κ3) is 5.01. The van der Waals surface area contributed by atoms with Crippen LogP contribution in [0.25, 0.3) is 0 Å². The molecule has 1 aromatic carbocycles. The summed E-state index contributed by atoms with van der Waals surface area (Å²) < 4.78 is 5.17. The van der Waals surface area contributed by atoms with Crippen molar-refractivity contribution in [2.24, 2.45) is 0 Å². The Labute approximate surface area is 108 Å². The van der Waals surface area contributed by atoms with Gasteiger partial charge in [-0.3, -0.25) is 0 Å². The minimum atomic E-state index is -0.630. The van der Waals surface area contributed by atoms with Crippen molar-refractivity contribution in [1.29, 1.82) is 5.26 Å². The number of unbranched alkanes of at least 4 members (excludes halogenated alkanes) is 3. The molecule has 0 heterocycles. The Morgan fingerprint density at radius 2 is 2.00 bits per heavy atom. The third-order valence-electron chi connectivity index (χ3n) is 2.72. The van der Waals surface area contributed by atoms with E-state index in [2.05, 4.69) is 6.92 Å². The summed E-state index contributed by atoms with van der Waals surface area (Å²) in [4.78, 5) is 11.7. The predicted molar refractivity (Wildman–Crippen MR) is 70.0 cm³/mol. The molecule has 96 valence electrons. The zero-order valence-corrected chi connectivity index (χ0v) is 10.8. The second kappa shape index (κ2) is 8.30. The van der Waals surface area contributed by atoms with Crippen molar-refractivity contribution in [2.75, 3.05) is 0 Å². The number of nitriles is 1. The molecule has 0 radical (unpaired) electrons. The molecule has 0 saturated heterocycles. The number of benzene rings is 1. The van der Waals surface area contributed by atoms with E-state index in [9.17, 15) is 4.79 Å². The largest absolute Gasteiger partial charge is 0.443 e. The summed E-state index contributed by atoms with van der Waals surface area (Å²) in [6, 6.07) is 10.8. The number of carbonyl (C=O) groups is 1. The van der Waals surface area contributed by atoms with Gasteiger partial charge >= 0.3 is 5.97 Å². The molecule has 0 spiro atoms. The molecule has 0 aliphatic heterocycles. The van der Waals surface area contributed by atoms with Gasteiger partial charge in [0, 0.05) is 0 Å². The lowest BCUT2D eigenvalue weighted by Gasteiger charge is -2.10. The highest BCUT2D eigenvalue weighted by Gasteiger charge is 2.14. The number of rotatable bonds is 7. The Morgan fingerprint density at radius 3 is 2.61 bits per heavy atom. The molecule has 0 saturated carbocycles. The molecule has 0 bridgehead atoms. The van der Waals surface area contributed by atoms with Gasteiger partial charge < -0.3 is 4.74 Å². The first-order valence-electron chi connectivity index (χ1n) is 6.43. The van der Waals surface area contributed by atoms with Crippen molar-refractivity contribution in [3.8, 4) is 6.07 Å². The summed E-state index contributed by atoms with van der Waals surface area (Å²) in [5.41, 5.74) is 0.492. The van der Waals surface area contributed by atoms with E-state index in [1.54, 1.807) is 24.3 Å². The Kier molecular flexibility index (Phi) is 6.56. The zero-order valence-electron chi connectivity index (χ0n) is 10.8. The Hall–Kier alpha value is -1.82. The van der Waals surface area contributed by atoms with Crippen molar-refractivity contribution < 1.29 is 9.53 Å². The summed E-state index contributed by atoms with van der Waals surface area (Å²) >= 11 is 0. The molecule has 0 N–H and O–H groups in total. The SMILES string of the molecule is CCCCCCC(C#N)OC(=O)c1ccccc1. The van der Waals surface area contributed by atoms with E-state index in [1.807, 2.05) is 12.1 Å². The highest BCUT2D eigenvalue weighted by Crippen LogP contribution is 2.10. The average molecular weight is 245 g/mol. The third-order valence-corrected chi connectivity index (χ3v) is 2.72. The molecule has 0 aliphatic carbocycles. The fraction of sp³-hybridized carbons (Fsp3) is 0.467. The van der Waals surface area contributed by atoms with Gasteiger partial charge in [-0.05, 0) is 25.0 Å². The maximum absolute atomic E-state index is 11.7. The van der Waals surface area contributed by atoms with Gasteiger partial charge in [0.1, 0.15) is 6.07 Å². The van der Waals surface area contributed by atoms with Crippen LogP contribution in [0.3, 0.4) is 0 Å². The zero-order chi connectivity index (χ0) is 13.2. The molecule has 0 aliphatic rings. The lowest BCUT2D eigenvalue weighted by Crippen LogP contribution is -2.16. The van der Waals surface area contributed by atoms with Gasteiger partial charge in [-0.1, -0.05) is 44.4 Å². The van der Waals surface area contributed by atoms with Crippen molar-refractivity contribution in [2.45, 2.75) is 45.1 Å². The van der Waals surface area contributed by atoms with Crippen LogP contribution in [-0.2, 0) is 4.74 Å². The summed E-state index contributed by atoms with van der Waals surface area (Å²) in [6.45, 7) is 2.14. The maximum Gasteiger partial charge on any atom is 0.339 e. The fourth-order valence-corrected chi connectivity index (χ4v) is 1.68. The number of hydrogen-bond donors (Lipinski definition) is 0. The first-order valence-corrected chi connectivity index (χ1v) is 6.43. The fourth-order valence-electron chi connectivity index (χ4n) is 1.68. The van der Waals surface area contributed by atoms with Crippen LogP contribution < -0.4 is 0 Å². The topological polar surface area (TPSA) is 50.1 Å². The van der Waals surface area contributed by atoms with Gasteiger partial charge in [0.15, 0.2) is 6.10 Å². The lowest BCUT2D eigenvalue weighted by molar-refractivity contribution is 0.0389. The minimum Gasteiger partial charge on any atom is -0.443 e. The molecule has 3 heteroatoms. The molecule has 1 unspecified atom stereocenters. The van der Waals surface area contributed by atoms with E-state index in [0.29, 0.717) is 12.0 Å². The molecular formula is C15H19NO2. The van der Waals surface area contributed by atoms with Crippen LogP contribution in [0, 0.1) is 11.3 Å². The summed E-state index contributed by atoms with van der Waals surface area (Å²) in [6.07, 6.45) is 4.31. The van der Waals surface area contributed by atoms with Crippen molar-refractivity contribution in [3.63, 3.8) is 0 Å². The molecule has 1 rings (SSSR count). The van der Waals surface area contributed by atoms with Crippen LogP contribution in [0.5, 0.6) is 0 Å². The summed E-state index contributed by atoms with van der Waals surface area (Å²) in [5, 5.41) is 8.95. The lowest BCUT2D eigenvalue weighted by atomic mass is 10.1. The van der Waals surface area contributed by atoms with Gasteiger partial charge in [0.05, 0.1) is 5.56 Å². The molecular weight excluding hydrogens is 226 g/mol. The number of nitrogens with zero attached hydrogens (tertiary/aromatic N) is 1. The highest BCUT2D eigenvalue weighted by molar-refractivity contribution is 5.89. The van der Waals surface area contributed by atoms with Crippen LogP contribution in [-0.4, -0.2) is 12.1 Å². The average Bonchev–Trinajstić information content (AvgIpc) is 2.43. The van der Waals surface area contributed by atoms with Crippen LogP contribution in [0.15, 0.2) is 30.3 Å². The van der Waals surface area contributed by atoms with Crippen LogP contribution in [0.4, 0.5) is 0 Å². The molecule has 0 fully saturated rings. The smallest absolute Gasteiger partial charge is 0.339 e. The first kappa shape index (κ1) is 14.2. The number of esters is 1. The van der Waals surface area contributed by atoms with E-state index < -0.39 is 12.1 Å². The van der Waals surface area contributed by atoms with Gasteiger partial charge in [0.2, 0.25) is 0 Å². The van der Waals surface area contributed by atoms with Crippen molar-refractivity contribution in [1.82, 2.24) is 0 Å². The van der Waals surface area contributed by atoms with Crippen molar-refractivity contribution in [3.05, 3.63) is 35.9 Å². The number of carbonyl (C=O) groups excluding carboxylic acids is 1. The van der Waals surface area contributed by atoms with Crippen LogP contribution >= 0.6 is 0 Å². The molecule has 0 aromatic heterocycles. The van der Waals surface area contributed by atoms with Gasteiger partial charge in [-0.2, -0.15) is 5.26 Å². The molecule has 1 atom stereocenters. The summed E-state index contributed by atoms with van der Waals surface area (Å²) in [5.74, 6) is -0.419. The number of hydrogen-bond acceptors (Lipinski definition) is 3. The second-order valence-electron chi connectivity index (χ2n) is 4.24. The Morgan fingerprint density at radius 1 is 1.28 bits per heavy atom. The van der Waals surface area contributed by atoms with E-state index >= 15 is 0 Å². The Balaban J connectivity index is 2.39. The van der Waals surface area contributed by atoms with Crippen molar-refractivity contribution >= 4 is 5.97 Å². The van der Waals surface area contributed by atoms with Gasteiger partial charge in [0.25, 0.3) is 0 Å². The van der Waals surface area contributed by atoms with E-state index in [1.165, 1.54) is 0 Å². The normalized spacial score (nSPS) is 11.6. The minimum absolute atomic E-state index is 0.419. The van der Waals surface area contributed by atoms with E-state index in [0.717, 1.165) is 25.7 Å². The molecule has 1 aromatic rings. The maximum atomic E-state index is 11.7. The number of ether oxygens (including phenoxy) is 1. The van der Waals surface area contributed by atoms with Gasteiger partial charge in [-0.15, -0.1) is 0 Å². The molecule has 3 nitrogen and oxygen atoms in total. The Bertz CT molecular complexity index is 395. The second-order valence-corrected chi connectivity index (χ2v) is 4.24. The standard InChI is InChI=1S/C15H19NO2/c1-2-3-4-8-11-14(12-16)18-15(17)13-9-6-5-7-10-13/h5-7,9-10,14H,2-4,8,11H2,1H3. The molecule has 18 heavy (non-hydrogen) atoms. The molecule has 0 amide bonds. The monoisotopic (exact) mass is 245 g/mol. The van der Waals surface area contributed by atoms with Gasteiger partial charge in [-0.25, -0.2) is 4.79 Å². The predicted octanol–water partition coefficient (Wildman–Crippen LogP) is 3.71. The van der Waals surface area contributed by atoms with Crippen LogP contribution in [0.1, 0.15) is 49.4 Å². The van der Waals surface area contributed by atoms with E-state index in [4.69, 9.17) is 10.00 Å².